The van der Waals surface area contributed by atoms with Gasteiger partial charge in [0.15, 0.2) is 0 Å². The van der Waals surface area contributed by atoms with Gasteiger partial charge in [0, 0.05) is 11.4 Å². The summed E-state index contributed by atoms with van der Waals surface area (Å²) in [4.78, 5) is 16.1. The summed E-state index contributed by atoms with van der Waals surface area (Å²) in [6, 6.07) is 9.02. The molecule has 0 unspecified atom stereocenters. The maximum Gasteiger partial charge on any atom is 0.257 e. The molecule has 4 heteroatoms. The Morgan fingerprint density at radius 2 is 2.00 bits per heavy atom. The summed E-state index contributed by atoms with van der Waals surface area (Å²) in [6.07, 6.45) is 1.62. The van der Waals surface area contributed by atoms with E-state index in [4.69, 9.17) is 5.73 Å². The van der Waals surface area contributed by atoms with E-state index in [0.29, 0.717) is 16.9 Å². The number of carbonyl (C=O) groups excluding carboxylic acids is 1. The van der Waals surface area contributed by atoms with Gasteiger partial charge in [-0.15, -0.1) is 0 Å². The molecule has 0 aliphatic heterocycles. The average molecular weight is 241 g/mol. The minimum Gasteiger partial charge on any atom is -0.398 e. The molecule has 2 aromatic rings. The fraction of sp³-hybridized carbons (Fsp3) is 0.143. The Bertz CT molecular complexity index is 576. The normalized spacial score (nSPS) is 10.1. The largest absolute Gasteiger partial charge is 0.398 e. The monoisotopic (exact) mass is 241 g/mol. The first-order valence-corrected chi connectivity index (χ1v) is 5.66. The van der Waals surface area contributed by atoms with Crippen LogP contribution in [0.4, 0.5) is 11.4 Å². The third-order valence-electron chi connectivity index (χ3n) is 2.62. The van der Waals surface area contributed by atoms with Crippen LogP contribution in [0, 0.1) is 13.8 Å². The molecule has 1 aromatic heterocycles. The van der Waals surface area contributed by atoms with E-state index in [-0.39, 0.29) is 5.91 Å². The van der Waals surface area contributed by atoms with E-state index in [1.54, 1.807) is 18.3 Å². The van der Waals surface area contributed by atoms with E-state index >= 15 is 0 Å². The Balaban J connectivity index is 2.19. The van der Waals surface area contributed by atoms with Crippen LogP contribution in [0.15, 0.2) is 36.5 Å². The maximum atomic E-state index is 12.0. The van der Waals surface area contributed by atoms with Crippen molar-refractivity contribution in [3.63, 3.8) is 0 Å². The van der Waals surface area contributed by atoms with E-state index in [9.17, 15) is 4.79 Å². The number of aryl methyl sites for hydroxylation is 2. The van der Waals surface area contributed by atoms with Crippen LogP contribution in [0.1, 0.15) is 21.6 Å². The number of pyridine rings is 1. The van der Waals surface area contributed by atoms with Gasteiger partial charge in [0.05, 0.1) is 17.4 Å². The van der Waals surface area contributed by atoms with Crippen molar-refractivity contribution in [3.05, 3.63) is 53.3 Å². The Hall–Kier alpha value is -2.36. The molecule has 18 heavy (non-hydrogen) atoms. The van der Waals surface area contributed by atoms with Gasteiger partial charge in [-0.3, -0.25) is 9.78 Å². The van der Waals surface area contributed by atoms with Crippen molar-refractivity contribution < 1.29 is 4.79 Å². The van der Waals surface area contributed by atoms with Gasteiger partial charge in [-0.1, -0.05) is 6.07 Å². The van der Waals surface area contributed by atoms with Crippen LogP contribution in [0.5, 0.6) is 0 Å². The molecule has 0 spiro atoms. The number of nitrogens with two attached hydrogens (primary N) is 1. The lowest BCUT2D eigenvalue weighted by Crippen LogP contribution is -2.14. The van der Waals surface area contributed by atoms with Crippen molar-refractivity contribution in [2.24, 2.45) is 0 Å². The Morgan fingerprint density at radius 3 is 2.61 bits per heavy atom. The number of nitrogens with one attached hydrogen (secondary N) is 1. The molecule has 0 saturated heterocycles. The van der Waals surface area contributed by atoms with E-state index in [0.717, 1.165) is 11.3 Å². The Kier molecular flexibility index (Phi) is 3.28. The molecule has 0 saturated carbocycles. The number of hydrogen-bond donors (Lipinski definition) is 2. The molecule has 92 valence electrons. The summed E-state index contributed by atoms with van der Waals surface area (Å²) in [6.45, 7) is 3.82. The molecule has 0 aliphatic rings. The highest BCUT2D eigenvalue weighted by atomic mass is 16.1. The molecule has 4 nitrogen and oxygen atoms in total. The van der Waals surface area contributed by atoms with Crippen LogP contribution in [0.2, 0.25) is 0 Å². The second-order valence-electron chi connectivity index (χ2n) is 4.23. The topological polar surface area (TPSA) is 68.0 Å². The van der Waals surface area contributed by atoms with Gasteiger partial charge >= 0.3 is 0 Å². The van der Waals surface area contributed by atoms with E-state index < -0.39 is 0 Å². The average Bonchev–Trinajstić information content (AvgIpc) is 2.32. The second-order valence-corrected chi connectivity index (χ2v) is 4.23. The molecule has 0 bridgehead atoms. The van der Waals surface area contributed by atoms with Crippen LogP contribution >= 0.6 is 0 Å². The number of amides is 1. The maximum absolute atomic E-state index is 12.0. The molecule has 0 atom stereocenters. The minimum absolute atomic E-state index is 0.224. The highest BCUT2D eigenvalue weighted by Gasteiger charge is 2.09. The van der Waals surface area contributed by atoms with Crippen LogP contribution in [0.25, 0.3) is 0 Å². The number of carbonyl (C=O) groups is 1. The van der Waals surface area contributed by atoms with Crippen molar-refractivity contribution in [3.8, 4) is 0 Å². The second kappa shape index (κ2) is 4.87. The number of aromatic nitrogens is 1. The first kappa shape index (κ1) is 12.1. The SMILES string of the molecule is Cc1ccc(C(=O)Nc2ccc(C)nc2)c(N)c1. The number of nitrogens with zero attached hydrogens (tertiary/aromatic N) is 1. The zero-order valence-electron chi connectivity index (χ0n) is 10.4. The molecule has 1 aromatic carbocycles. The van der Waals surface area contributed by atoms with Crippen molar-refractivity contribution in [2.75, 3.05) is 11.1 Å². The van der Waals surface area contributed by atoms with Gasteiger partial charge in [-0.25, -0.2) is 0 Å². The fourth-order valence-corrected chi connectivity index (χ4v) is 1.63. The minimum atomic E-state index is -0.224. The van der Waals surface area contributed by atoms with E-state index in [2.05, 4.69) is 10.3 Å². The molecule has 2 rings (SSSR count). The zero-order chi connectivity index (χ0) is 13.1. The van der Waals surface area contributed by atoms with E-state index in [1.165, 1.54) is 0 Å². The highest BCUT2D eigenvalue weighted by molar-refractivity contribution is 6.07. The first-order valence-electron chi connectivity index (χ1n) is 5.66. The van der Waals surface area contributed by atoms with Crippen molar-refractivity contribution in [1.29, 1.82) is 0 Å². The molecule has 0 fully saturated rings. The summed E-state index contributed by atoms with van der Waals surface area (Å²) in [5.41, 5.74) is 9.37. The smallest absolute Gasteiger partial charge is 0.257 e. The third-order valence-corrected chi connectivity index (χ3v) is 2.62. The summed E-state index contributed by atoms with van der Waals surface area (Å²) >= 11 is 0. The Labute approximate surface area is 106 Å². The molecular weight excluding hydrogens is 226 g/mol. The number of nitrogen functional groups attached to an aromatic ring is 1. The van der Waals surface area contributed by atoms with Crippen LogP contribution < -0.4 is 11.1 Å². The zero-order valence-corrected chi connectivity index (χ0v) is 10.4. The fourth-order valence-electron chi connectivity index (χ4n) is 1.63. The van der Waals surface area contributed by atoms with Crippen LogP contribution in [-0.4, -0.2) is 10.9 Å². The lowest BCUT2D eigenvalue weighted by molar-refractivity contribution is 0.102. The quantitative estimate of drug-likeness (QED) is 0.794. The number of hydrogen-bond acceptors (Lipinski definition) is 3. The predicted molar refractivity (Wildman–Crippen MR) is 72.5 cm³/mol. The standard InChI is InChI=1S/C14H15N3O/c1-9-3-6-12(13(15)7-9)14(18)17-11-5-4-10(2)16-8-11/h3-8H,15H2,1-2H3,(H,17,18). The number of anilines is 2. The summed E-state index contributed by atoms with van der Waals surface area (Å²) < 4.78 is 0. The van der Waals surface area contributed by atoms with Gasteiger partial charge in [0.2, 0.25) is 0 Å². The van der Waals surface area contributed by atoms with Crippen molar-refractivity contribution in [1.82, 2.24) is 4.98 Å². The summed E-state index contributed by atoms with van der Waals surface area (Å²) in [5.74, 6) is -0.224. The summed E-state index contributed by atoms with van der Waals surface area (Å²) in [7, 11) is 0. The highest BCUT2D eigenvalue weighted by Crippen LogP contribution is 2.16. The molecule has 3 N–H and O–H groups in total. The van der Waals surface area contributed by atoms with Gasteiger partial charge in [0.25, 0.3) is 5.91 Å². The molecule has 1 heterocycles. The van der Waals surface area contributed by atoms with Gasteiger partial charge < -0.3 is 11.1 Å². The molecule has 0 aliphatic carbocycles. The molecule has 1 amide bonds. The van der Waals surface area contributed by atoms with E-state index in [1.807, 2.05) is 32.0 Å². The molecular formula is C14H15N3O. The molecule has 0 radical (unpaired) electrons. The van der Waals surface area contributed by atoms with Crippen LogP contribution in [-0.2, 0) is 0 Å². The van der Waals surface area contributed by atoms with Crippen LogP contribution in [0.3, 0.4) is 0 Å². The van der Waals surface area contributed by atoms with Crippen molar-refractivity contribution in [2.45, 2.75) is 13.8 Å². The van der Waals surface area contributed by atoms with Crippen molar-refractivity contribution >= 4 is 17.3 Å². The predicted octanol–water partition coefficient (Wildman–Crippen LogP) is 2.53. The Morgan fingerprint density at radius 1 is 1.22 bits per heavy atom. The number of benzene rings is 1. The lowest BCUT2D eigenvalue weighted by atomic mass is 10.1. The van der Waals surface area contributed by atoms with Gasteiger partial charge in [-0.2, -0.15) is 0 Å². The van der Waals surface area contributed by atoms with Gasteiger partial charge in [-0.05, 0) is 43.7 Å². The summed E-state index contributed by atoms with van der Waals surface area (Å²) in [5, 5.41) is 2.76. The van der Waals surface area contributed by atoms with Gasteiger partial charge in [0.1, 0.15) is 0 Å². The third kappa shape index (κ3) is 2.66. The number of rotatable bonds is 2. The first-order chi connectivity index (χ1) is 8.56. The lowest BCUT2D eigenvalue weighted by Gasteiger charge is -2.08.